The number of carboxylic acid groups (broad SMARTS) is 1. The minimum absolute atomic E-state index is 0.259. The lowest BCUT2D eigenvalue weighted by atomic mass is 9.87. The van der Waals surface area contributed by atoms with Crippen LogP contribution in [0.5, 0.6) is 0 Å². The quantitative estimate of drug-likeness (QED) is 0.879. The molecule has 0 aromatic heterocycles. The molecule has 1 unspecified atom stereocenters. The fraction of sp³-hybridized carbons (Fsp3) is 0.556. The first-order valence-corrected chi connectivity index (χ1v) is 7.74. The maximum Gasteiger partial charge on any atom is 0.412 e. The molecule has 2 rings (SSSR count). The average Bonchev–Trinajstić information content (AvgIpc) is 2.94. The number of amides is 1. The molecule has 1 amide bonds. The van der Waals surface area contributed by atoms with Crippen LogP contribution >= 0.6 is 0 Å². The summed E-state index contributed by atoms with van der Waals surface area (Å²) in [5.74, 6) is -0.797. The number of aliphatic carboxylic acids is 1. The third-order valence-corrected chi connectivity index (χ3v) is 4.46. The zero-order valence-electron chi connectivity index (χ0n) is 14.6. The number of rotatable bonds is 3. The minimum Gasteiger partial charge on any atom is -0.481 e. The molecule has 1 aromatic carbocycles. The molecule has 0 radical (unpaired) electrons. The van der Waals surface area contributed by atoms with Crippen molar-refractivity contribution in [3.8, 4) is 0 Å². The number of hydrogen-bond donors (Lipinski definition) is 2. The molecule has 1 saturated carbocycles. The second kappa shape index (κ2) is 5.25. The van der Waals surface area contributed by atoms with Crippen molar-refractivity contribution in [3.05, 3.63) is 29.3 Å². The molecule has 0 spiro atoms. The van der Waals surface area contributed by atoms with Crippen LogP contribution in [-0.4, -0.2) is 22.8 Å². The zero-order valence-corrected chi connectivity index (χ0v) is 14.6. The Labute approximate surface area is 137 Å². The molecule has 1 fully saturated rings. The molecule has 2 N–H and O–H groups in total. The first-order valence-electron chi connectivity index (χ1n) is 7.74. The van der Waals surface area contributed by atoms with Crippen molar-refractivity contribution >= 4 is 17.7 Å². The number of aryl methyl sites for hydroxylation is 1. The Morgan fingerprint density at radius 3 is 2.22 bits per heavy atom. The molecule has 0 bridgehead atoms. The average molecular weight is 319 g/mol. The number of carbonyl (C=O) groups is 2. The molecule has 5 nitrogen and oxygen atoms in total. The highest BCUT2D eigenvalue weighted by Crippen LogP contribution is 2.64. The zero-order chi connectivity index (χ0) is 17.6. The van der Waals surface area contributed by atoms with E-state index in [4.69, 9.17) is 4.74 Å². The number of hydrogen-bond acceptors (Lipinski definition) is 3. The van der Waals surface area contributed by atoms with Crippen molar-refractivity contribution in [2.75, 3.05) is 5.32 Å². The van der Waals surface area contributed by atoms with Gasteiger partial charge in [0, 0.05) is 5.69 Å². The lowest BCUT2D eigenvalue weighted by molar-refractivity contribution is -0.141. The molecule has 0 heterocycles. The van der Waals surface area contributed by atoms with E-state index in [0.29, 0.717) is 12.1 Å². The van der Waals surface area contributed by atoms with Crippen LogP contribution in [0.2, 0.25) is 0 Å². The monoisotopic (exact) mass is 319 g/mol. The van der Waals surface area contributed by atoms with Crippen LogP contribution in [0.3, 0.4) is 0 Å². The maximum absolute atomic E-state index is 11.9. The molecule has 1 atom stereocenters. The highest BCUT2D eigenvalue weighted by molar-refractivity contribution is 5.89. The van der Waals surface area contributed by atoms with E-state index in [1.165, 1.54) is 0 Å². The van der Waals surface area contributed by atoms with Gasteiger partial charge < -0.3 is 9.84 Å². The lowest BCUT2D eigenvalue weighted by Gasteiger charge is -2.21. The highest BCUT2D eigenvalue weighted by Gasteiger charge is 2.67. The highest BCUT2D eigenvalue weighted by atomic mass is 16.6. The number of benzene rings is 1. The van der Waals surface area contributed by atoms with Gasteiger partial charge in [-0.05, 0) is 56.7 Å². The van der Waals surface area contributed by atoms with Crippen molar-refractivity contribution in [2.24, 2.45) is 5.41 Å². The second-order valence-electron chi connectivity index (χ2n) is 7.93. The van der Waals surface area contributed by atoms with Gasteiger partial charge in [0.1, 0.15) is 5.60 Å². The molecular formula is C18H25NO4. The predicted molar refractivity (Wildman–Crippen MR) is 88.7 cm³/mol. The fourth-order valence-corrected chi connectivity index (χ4v) is 3.08. The molecule has 126 valence electrons. The molecule has 1 aromatic rings. The molecule has 0 aliphatic heterocycles. The van der Waals surface area contributed by atoms with Gasteiger partial charge in [-0.25, -0.2) is 4.79 Å². The van der Waals surface area contributed by atoms with E-state index >= 15 is 0 Å². The van der Waals surface area contributed by atoms with E-state index in [-0.39, 0.29) is 5.41 Å². The lowest BCUT2D eigenvalue weighted by Crippen LogP contribution is -2.28. The molecule has 5 heteroatoms. The van der Waals surface area contributed by atoms with Crippen LogP contribution in [0.25, 0.3) is 0 Å². The number of nitrogens with one attached hydrogen (secondary N) is 1. The number of anilines is 1. The van der Waals surface area contributed by atoms with Crippen LogP contribution in [0, 0.1) is 12.3 Å². The first-order chi connectivity index (χ1) is 10.4. The van der Waals surface area contributed by atoms with Crippen LogP contribution in [-0.2, 0) is 14.9 Å². The summed E-state index contributed by atoms with van der Waals surface area (Å²) in [5.41, 5.74) is 0.567. The molecule has 23 heavy (non-hydrogen) atoms. The van der Waals surface area contributed by atoms with Crippen molar-refractivity contribution in [2.45, 2.75) is 59.0 Å². The standard InChI is InChI=1S/C18H25NO4/c1-11-9-12(18(14(20)21)10-17(18,5)6)7-8-13(11)19-15(22)23-16(2,3)4/h7-9H,10H2,1-6H3,(H,19,22)(H,20,21). The van der Waals surface area contributed by atoms with Crippen molar-refractivity contribution in [3.63, 3.8) is 0 Å². The van der Waals surface area contributed by atoms with Gasteiger partial charge in [-0.2, -0.15) is 0 Å². The molecular weight excluding hydrogens is 294 g/mol. The van der Waals surface area contributed by atoms with E-state index in [9.17, 15) is 14.7 Å². The van der Waals surface area contributed by atoms with Crippen molar-refractivity contribution in [1.82, 2.24) is 0 Å². The summed E-state index contributed by atoms with van der Waals surface area (Å²) < 4.78 is 5.23. The smallest absolute Gasteiger partial charge is 0.412 e. The van der Waals surface area contributed by atoms with Gasteiger partial charge >= 0.3 is 12.1 Å². The van der Waals surface area contributed by atoms with Crippen LogP contribution < -0.4 is 5.32 Å². The second-order valence-corrected chi connectivity index (χ2v) is 7.93. The van der Waals surface area contributed by atoms with E-state index in [1.807, 2.05) is 26.8 Å². The summed E-state index contributed by atoms with van der Waals surface area (Å²) in [4.78, 5) is 23.6. The molecule has 1 aliphatic carbocycles. The van der Waals surface area contributed by atoms with Gasteiger partial charge in [0.15, 0.2) is 0 Å². The summed E-state index contributed by atoms with van der Waals surface area (Å²) in [5, 5.41) is 12.3. The van der Waals surface area contributed by atoms with Crippen LogP contribution in [0.4, 0.5) is 10.5 Å². The summed E-state index contributed by atoms with van der Waals surface area (Å²) in [6.45, 7) is 11.2. The SMILES string of the molecule is Cc1cc(C2(C(=O)O)CC2(C)C)ccc1NC(=O)OC(C)(C)C. The van der Waals surface area contributed by atoms with Gasteiger partial charge in [0.2, 0.25) is 0 Å². The largest absolute Gasteiger partial charge is 0.481 e. The first kappa shape index (κ1) is 17.3. The topological polar surface area (TPSA) is 75.6 Å². The van der Waals surface area contributed by atoms with Crippen molar-refractivity contribution in [1.29, 1.82) is 0 Å². The Morgan fingerprint density at radius 2 is 1.83 bits per heavy atom. The van der Waals surface area contributed by atoms with Crippen LogP contribution in [0.15, 0.2) is 18.2 Å². The normalized spacial score (nSPS) is 22.3. The van der Waals surface area contributed by atoms with Gasteiger partial charge in [0.25, 0.3) is 0 Å². The molecule has 0 saturated heterocycles. The number of ether oxygens (including phenoxy) is 1. The number of carbonyl (C=O) groups excluding carboxylic acids is 1. The van der Waals surface area contributed by atoms with Crippen molar-refractivity contribution < 1.29 is 19.4 Å². The third-order valence-electron chi connectivity index (χ3n) is 4.46. The Balaban J connectivity index is 2.23. The van der Waals surface area contributed by atoms with E-state index in [1.54, 1.807) is 32.9 Å². The van der Waals surface area contributed by atoms with E-state index < -0.39 is 23.1 Å². The number of carboxylic acids is 1. The summed E-state index contributed by atoms with van der Waals surface area (Å²) >= 11 is 0. The fourth-order valence-electron chi connectivity index (χ4n) is 3.08. The summed E-state index contributed by atoms with van der Waals surface area (Å²) in [6, 6.07) is 5.37. The molecule has 1 aliphatic rings. The van der Waals surface area contributed by atoms with E-state index in [2.05, 4.69) is 5.32 Å². The van der Waals surface area contributed by atoms with Gasteiger partial charge in [-0.15, -0.1) is 0 Å². The Bertz CT molecular complexity index is 657. The van der Waals surface area contributed by atoms with Gasteiger partial charge in [-0.1, -0.05) is 26.0 Å². The Kier molecular flexibility index (Phi) is 3.95. The summed E-state index contributed by atoms with van der Waals surface area (Å²) in [7, 11) is 0. The Morgan fingerprint density at radius 1 is 1.26 bits per heavy atom. The van der Waals surface area contributed by atoms with E-state index in [0.717, 1.165) is 11.1 Å². The van der Waals surface area contributed by atoms with Crippen LogP contribution in [0.1, 0.15) is 52.2 Å². The van der Waals surface area contributed by atoms with Gasteiger partial charge in [0.05, 0.1) is 5.41 Å². The maximum atomic E-state index is 11.9. The third kappa shape index (κ3) is 3.19. The van der Waals surface area contributed by atoms with Gasteiger partial charge in [-0.3, -0.25) is 10.1 Å². The predicted octanol–water partition coefficient (Wildman–Crippen LogP) is 4.09. The minimum atomic E-state index is -0.831. The summed E-state index contributed by atoms with van der Waals surface area (Å²) in [6.07, 6.45) is 0.0983. The Hall–Kier alpha value is -2.04.